The van der Waals surface area contributed by atoms with E-state index in [1.807, 2.05) is 76.4 Å². The summed E-state index contributed by atoms with van der Waals surface area (Å²) in [6, 6.07) is 11.5. The summed E-state index contributed by atoms with van der Waals surface area (Å²) in [4.78, 5) is 24.6. The highest BCUT2D eigenvalue weighted by molar-refractivity contribution is 7.98. The normalized spacial score (nSPS) is 11.4. The Morgan fingerprint density at radius 1 is 1.03 bits per heavy atom. The van der Waals surface area contributed by atoms with Gasteiger partial charge in [0.2, 0.25) is 0 Å². The van der Waals surface area contributed by atoms with Crippen molar-refractivity contribution in [1.29, 1.82) is 0 Å². The average molecular weight is 413 g/mol. The third-order valence-electron chi connectivity index (χ3n) is 4.55. The van der Waals surface area contributed by atoms with E-state index < -0.39 is 5.97 Å². The van der Waals surface area contributed by atoms with E-state index in [0.717, 1.165) is 21.6 Å². The van der Waals surface area contributed by atoms with Crippen molar-refractivity contribution in [3.63, 3.8) is 0 Å². The Kier molecular flexibility index (Phi) is 8.09. The van der Waals surface area contributed by atoms with Crippen molar-refractivity contribution in [1.82, 2.24) is 0 Å². The molecule has 0 amide bonds. The second-order valence-corrected chi connectivity index (χ2v) is 8.33. The zero-order chi connectivity index (χ0) is 21.6. The molecular weight excluding hydrogens is 384 g/mol. The summed E-state index contributed by atoms with van der Waals surface area (Å²) >= 11 is 1.64. The summed E-state index contributed by atoms with van der Waals surface area (Å²) in [7, 11) is 0. The topological polar surface area (TPSA) is 63.6 Å². The number of hydrogen-bond acceptors (Lipinski definition) is 4. The molecule has 0 radical (unpaired) electrons. The molecule has 29 heavy (non-hydrogen) atoms. The van der Waals surface area contributed by atoms with Crippen LogP contribution < -0.4 is 4.74 Å². The van der Waals surface area contributed by atoms with Crippen LogP contribution >= 0.6 is 11.8 Å². The number of carboxylic acids is 1. The van der Waals surface area contributed by atoms with Crippen LogP contribution in [-0.2, 0) is 4.79 Å². The highest BCUT2D eigenvalue weighted by Gasteiger charge is 2.18. The fourth-order valence-electron chi connectivity index (χ4n) is 2.98. The molecule has 0 bridgehead atoms. The lowest BCUT2D eigenvalue weighted by molar-refractivity contribution is -0.139. The van der Waals surface area contributed by atoms with Gasteiger partial charge in [-0.25, -0.2) is 4.79 Å². The van der Waals surface area contributed by atoms with E-state index in [1.54, 1.807) is 17.8 Å². The summed E-state index contributed by atoms with van der Waals surface area (Å²) in [6.07, 6.45) is 5.39. The maximum Gasteiger partial charge on any atom is 0.341 e. The smallest absolute Gasteiger partial charge is 0.341 e. The van der Waals surface area contributed by atoms with Gasteiger partial charge in [0.05, 0.1) is 0 Å². The number of ketones is 1. The number of thioether (sulfide) groups is 1. The minimum absolute atomic E-state index is 0.0546. The average Bonchev–Trinajstić information content (AvgIpc) is 2.69. The van der Waals surface area contributed by atoms with Crippen molar-refractivity contribution in [2.24, 2.45) is 0 Å². The number of benzene rings is 2. The Morgan fingerprint density at radius 3 is 2.03 bits per heavy atom. The van der Waals surface area contributed by atoms with Crippen molar-refractivity contribution in [3.8, 4) is 5.75 Å². The van der Waals surface area contributed by atoms with E-state index in [0.29, 0.717) is 11.3 Å². The van der Waals surface area contributed by atoms with Crippen LogP contribution in [0.2, 0.25) is 0 Å². The molecule has 0 fully saturated rings. The Bertz CT molecular complexity index is 867. The number of rotatable bonds is 9. The number of hydrogen-bond donors (Lipinski definition) is 1. The van der Waals surface area contributed by atoms with E-state index >= 15 is 0 Å². The SMILES string of the molecule is CSc1ccc(C(=O)/C=C/c2cc(C(C)C)c(OCC(=O)O)c(C(C)C)c2)cc1. The zero-order valence-corrected chi connectivity index (χ0v) is 18.4. The quantitative estimate of drug-likeness (QED) is 0.310. The molecule has 4 nitrogen and oxygen atoms in total. The zero-order valence-electron chi connectivity index (χ0n) is 17.6. The Hall–Kier alpha value is -2.53. The minimum atomic E-state index is -1.00. The van der Waals surface area contributed by atoms with Gasteiger partial charge >= 0.3 is 5.97 Å². The summed E-state index contributed by atoms with van der Waals surface area (Å²) in [5.74, 6) is -0.120. The molecule has 2 aromatic rings. The maximum absolute atomic E-state index is 12.5. The van der Waals surface area contributed by atoms with Crippen molar-refractivity contribution >= 4 is 29.6 Å². The summed E-state index contributed by atoms with van der Waals surface area (Å²) in [5.41, 5.74) is 3.42. The molecule has 0 aromatic heterocycles. The molecule has 1 N–H and O–H groups in total. The lowest BCUT2D eigenvalue weighted by atomic mass is 9.91. The van der Waals surface area contributed by atoms with E-state index in [-0.39, 0.29) is 24.2 Å². The van der Waals surface area contributed by atoms with Gasteiger partial charge in [0.1, 0.15) is 5.75 Å². The van der Waals surface area contributed by atoms with Gasteiger partial charge in [-0.2, -0.15) is 0 Å². The molecule has 0 saturated heterocycles. The van der Waals surface area contributed by atoms with Crippen molar-refractivity contribution in [2.45, 2.75) is 44.4 Å². The molecule has 0 spiro atoms. The van der Waals surface area contributed by atoms with Crippen LogP contribution in [0.15, 0.2) is 47.4 Å². The molecule has 0 aliphatic carbocycles. The Balaban J connectivity index is 2.37. The van der Waals surface area contributed by atoms with Crippen molar-refractivity contribution < 1.29 is 19.4 Å². The first-order valence-corrected chi connectivity index (χ1v) is 10.8. The Morgan fingerprint density at radius 2 is 1.59 bits per heavy atom. The fourth-order valence-corrected chi connectivity index (χ4v) is 3.38. The van der Waals surface area contributed by atoms with Crippen molar-refractivity contribution in [3.05, 3.63) is 64.7 Å². The van der Waals surface area contributed by atoms with Crippen LogP contribution in [0.3, 0.4) is 0 Å². The van der Waals surface area contributed by atoms with E-state index in [9.17, 15) is 9.59 Å². The molecule has 0 unspecified atom stereocenters. The first kappa shape index (κ1) is 22.8. The second kappa shape index (κ2) is 10.3. The number of aliphatic carboxylic acids is 1. The molecule has 0 heterocycles. The van der Waals surface area contributed by atoms with Crippen LogP contribution in [0, 0.1) is 0 Å². The summed E-state index contributed by atoms with van der Waals surface area (Å²) < 4.78 is 5.63. The van der Waals surface area contributed by atoms with Crippen molar-refractivity contribution in [2.75, 3.05) is 12.9 Å². The predicted molar refractivity (Wildman–Crippen MR) is 119 cm³/mol. The molecule has 0 aliphatic heterocycles. The second-order valence-electron chi connectivity index (χ2n) is 7.45. The number of carbonyl (C=O) groups excluding carboxylic acids is 1. The number of allylic oxidation sites excluding steroid dienone is 1. The highest BCUT2D eigenvalue weighted by atomic mass is 32.2. The monoisotopic (exact) mass is 412 g/mol. The van der Waals surface area contributed by atoms with Gasteiger partial charge in [0.25, 0.3) is 0 Å². The molecule has 154 valence electrons. The van der Waals surface area contributed by atoms with Gasteiger partial charge in [0, 0.05) is 10.5 Å². The van der Waals surface area contributed by atoms with Gasteiger partial charge in [-0.05, 0) is 77.3 Å². The molecule has 0 aliphatic rings. The summed E-state index contributed by atoms with van der Waals surface area (Å²) in [6.45, 7) is 7.79. The number of carbonyl (C=O) groups is 2. The summed E-state index contributed by atoms with van der Waals surface area (Å²) in [5, 5.41) is 9.00. The van der Waals surface area contributed by atoms with Crippen LogP contribution in [0.25, 0.3) is 6.08 Å². The van der Waals surface area contributed by atoms with Gasteiger partial charge in [-0.1, -0.05) is 33.8 Å². The standard InChI is InChI=1S/C24H28O4S/c1-15(2)20-12-17(13-21(16(3)4)24(20)28-14-23(26)27)6-11-22(25)18-7-9-19(29-5)10-8-18/h6-13,15-16H,14H2,1-5H3,(H,26,27)/b11-6+. The number of carboxylic acid groups (broad SMARTS) is 1. The molecule has 2 rings (SSSR count). The van der Waals surface area contributed by atoms with Crippen LogP contribution in [0.4, 0.5) is 0 Å². The first-order chi connectivity index (χ1) is 13.7. The maximum atomic E-state index is 12.5. The molecular formula is C24H28O4S. The highest BCUT2D eigenvalue weighted by Crippen LogP contribution is 2.36. The predicted octanol–water partition coefficient (Wildman–Crippen LogP) is 6.01. The van der Waals surface area contributed by atoms with Crippen LogP contribution in [-0.4, -0.2) is 29.7 Å². The van der Waals surface area contributed by atoms with Crippen LogP contribution in [0.1, 0.15) is 66.6 Å². The van der Waals surface area contributed by atoms with Gasteiger partial charge in [-0.15, -0.1) is 11.8 Å². The third-order valence-corrected chi connectivity index (χ3v) is 5.30. The van der Waals surface area contributed by atoms with E-state index in [4.69, 9.17) is 9.84 Å². The Labute approximate surface area is 177 Å². The lowest BCUT2D eigenvalue weighted by Crippen LogP contribution is -2.13. The van der Waals surface area contributed by atoms with Gasteiger partial charge in [-0.3, -0.25) is 4.79 Å². The largest absolute Gasteiger partial charge is 0.481 e. The fraction of sp³-hybridized carbons (Fsp3) is 0.333. The molecule has 2 aromatic carbocycles. The molecule has 5 heteroatoms. The molecule has 0 saturated carbocycles. The van der Waals surface area contributed by atoms with Gasteiger partial charge < -0.3 is 9.84 Å². The van der Waals surface area contributed by atoms with Gasteiger partial charge in [0.15, 0.2) is 12.4 Å². The third kappa shape index (κ3) is 6.23. The minimum Gasteiger partial charge on any atom is -0.481 e. The first-order valence-electron chi connectivity index (χ1n) is 9.61. The van der Waals surface area contributed by atoms with Crippen LogP contribution in [0.5, 0.6) is 5.75 Å². The molecule has 0 atom stereocenters. The van der Waals surface area contributed by atoms with E-state index in [1.165, 1.54) is 0 Å². The number of ether oxygens (including phenoxy) is 1. The lowest BCUT2D eigenvalue weighted by Gasteiger charge is -2.20. The van der Waals surface area contributed by atoms with E-state index in [2.05, 4.69) is 0 Å².